The number of fused-ring (bicyclic) bond motifs is 2. The maximum atomic E-state index is 15.2. The number of rotatable bonds is 34. The van der Waals surface area contributed by atoms with Crippen LogP contribution in [0.1, 0.15) is 64.5 Å². The van der Waals surface area contributed by atoms with Crippen molar-refractivity contribution >= 4 is 52.0 Å². The molecule has 27 heteroatoms. The van der Waals surface area contributed by atoms with E-state index in [4.69, 9.17) is 52.6 Å². The van der Waals surface area contributed by atoms with Gasteiger partial charge in [0.1, 0.15) is 35.7 Å². The molecular weight excluding hydrogens is 1050 g/mol. The van der Waals surface area contributed by atoms with Gasteiger partial charge in [0.05, 0.1) is 124 Å². The number of halogens is 1. The first-order valence-corrected chi connectivity index (χ1v) is 27.9. The Morgan fingerprint density at radius 1 is 0.852 bits per heavy atom. The van der Waals surface area contributed by atoms with Gasteiger partial charge in [-0.15, -0.1) is 5.10 Å². The molecule has 8 heterocycles. The number of aromatic nitrogens is 10. The van der Waals surface area contributed by atoms with E-state index in [2.05, 4.69) is 59.0 Å². The van der Waals surface area contributed by atoms with E-state index in [9.17, 15) is 9.90 Å². The lowest BCUT2D eigenvalue weighted by atomic mass is 9.99. The lowest BCUT2D eigenvalue weighted by molar-refractivity contribution is -0.0181. The number of carbonyl (C=O) groups is 1. The van der Waals surface area contributed by atoms with E-state index < -0.39 is 23.9 Å². The molecule has 0 aromatic carbocycles. The van der Waals surface area contributed by atoms with Crippen molar-refractivity contribution in [2.75, 3.05) is 140 Å². The molecule has 2 aliphatic heterocycles. The molecule has 3 atom stereocenters. The normalized spacial score (nSPS) is 16.7. The number of alkyl carbamates (subject to hydrolysis) is 1. The molecule has 1 amide bonds. The number of hydrogen-bond acceptors (Lipinski definition) is 22. The number of aryl methyl sites for hydroxylation is 2. The first kappa shape index (κ1) is 60.3. The Kier molecular flexibility index (Phi) is 22.6. The first-order valence-electron chi connectivity index (χ1n) is 27.9. The number of aliphatic hydroxyl groups excluding tert-OH is 1. The smallest absolute Gasteiger partial charge is 0.408 e. The standard InChI is InChI=1S/C54H80FN15O11/c1-7-39-33-59-70-44(30-45(62-49(39)70)69-14-9-8-10-40(69)13-16-71)56-31-38-11-12-46(57-32-38)80-29-28-79-27-26-78-25-24-77-23-22-76-21-20-75-19-18-74-17-15-68-36-43(51(65-68)73-6)60-48-47-50(66(5)37-58-47)64-52(63-48)67-34-41(55)42(35-67)61-53(72)81-54(2,3)4/h11-12,30,32-33,36-37,40-42,56,71H,7-10,13-29,31,34-35H2,1-6H3,(H,61,72)(H,60,63,64)/t40-,41-,42-/m1/s1. The third kappa shape index (κ3) is 17.6. The molecule has 6 aromatic heterocycles. The fourth-order valence-corrected chi connectivity index (χ4v) is 9.26. The fourth-order valence-electron chi connectivity index (χ4n) is 9.26. The number of nitrogens with zero attached hydrogens (tertiary/aromatic N) is 12. The van der Waals surface area contributed by atoms with Gasteiger partial charge < -0.3 is 78.1 Å². The summed E-state index contributed by atoms with van der Waals surface area (Å²) in [6.45, 7) is 15.0. The van der Waals surface area contributed by atoms with Gasteiger partial charge in [-0.2, -0.15) is 19.6 Å². The number of piperidine rings is 1. The molecule has 0 spiro atoms. The van der Waals surface area contributed by atoms with E-state index in [-0.39, 0.29) is 31.7 Å². The Morgan fingerprint density at radius 2 is 1.56 bits per heavy atom. The lowest BCUT2D eigenvalue weighted by Gasteiger charge is -2.36. The van der Waals surface area contributed by atoms with Crippen LogP contribution in [0.2, 0.25) is 0 Å². The predicted molar refractivity (Wildman–Crippen MR) is 300 cm³/mol. The van der Waals surface area contributed by atoms with Gasteiger partial charge in [0.2, 0.25) is 11.8 Å². The monoisotopic (exact) mass is 1130 g/mol. The number of nitrogens with one attached hydrogen (secondary N) is 3. The minimum Gasteiger partial charge on any atom is -0.478 e. The SMILES string of the molecule is CCc1cnn2c(NCc3ccc(OCCOCCOCCOCCOCCOCCOCCn4cc(Nc5nc(N6C[C@@H](F)[C@H](NC(=O)OC(C)(C)C)C6)nc6c5ncn6C)c(OC)n4)nc3)cc(N3CCCC[C@@H]3CCO)nc12. The highest BCUT2D eigenvalue weighted by Crippen LogP contribution is 2.32. The van der Waals surface area contributed by atoms with Crippen molar-refractivity contribution in [2.45, 2.75) is 96.7 Å². The number of imidazole rings is 1. The summed E-state index contributed by atoms with van der Waals surface area (Å²) in [6.07, 6.45) is 9.92. The number of carbonyl (C=O) groups excluding carboxylic acids is 1. The van der Waals surface area contributed by atoms with Crippen LogP contribution in [0.3, 0.4) is 0 Å². The van der Waals surface area contributed by atoms with Crippen molar-refractivity contribution in [1.29, 1.82) is 0 Å². The fraction of sp³-hybridized carbons (Fsp3) is 0.630. The molecule has 81 heavy (non-hydrogen) atoms. The first-order chi connectivity index (χ1) is 39.4. The molecule has 26 nitrogen and oxygen atoms in total. The summed E-state index contributed by atoms with van der Waals surface area (Å²) < 4.78 is 71.1. The van der Waals surface area contributed by atoms with Gasteiger partial charge in [-0.3, -0.25) is 4.68 Å². The van der Waals surface area contributed by atoms with Gasteiger partial charge in [-0.25, -0.2) is 24.1 Å². The second kappa shape index (κ2) is 30.3. The Hall–Kier alpha value is -6.75. The number of alkyl halides is 1. The maximum absolute atomic E-state index is 15.2. The minimum atomic E-state index is -1.36. The van der Waals surface area contributed by atoms with Crippen LogP contribution < -0.4 is 35.2 Å². The zero-order valence-electron chi connectivity index (χ0n) is 47.5. The Labute approximate surface area is 471 Å². The van der Waals surface area contributed by atoms with Crippen LogP contribution in [0.5, 0.6) is 11.8 Å². The van der Waals surface area contributed by atoms with Crippen LogP contribution in [0.25, 0.3) is 16.8 Å². The number of pyridine rings is 1. The van der Waals surface area contributed by atoms with Crippen LogP contribution >= 0.6 is 0 Å². The van der Waals surface area contributed by atoms with Gasteiger partial charge in [0.15, 0.2) is 22.6 Å². The highest BCUT2D eigenvalue weighted by molar-refractivity contribution is 5.87. The summed E-state index contributed by atoms with van der Waals surface area (Å²) in [4.78, 5) is 39.8. The highest BCUT2D eigenvalue weighted by atomic mass is 19.1. The van der Waals surface area contributed by atoms with Gasteiger partial charge in [0, 0.05) is 63.2 Å². The molecule has 0 bridgehead atoms. The van der Waals surface area contributed by atoms with Crippen LogP contribution in [-0.4, -0.2) is 203 Å². The van der Waals surface area contributed by atoms with Gasteiger partial charge >= 0.3 is 6.09 Å². The molecule has 0 radical (unpaired) electrons. The van der Waals surface area contributed by atoms with E-state index in [1.165, 1.54) is 7.11 Å². The average molecular weight is 1130 g/mol. The van der Waals surface area contributed by atoms with Gasteiger partial charge in [-0.1, -0.05) is 13.0 Å². The van der Waals surface area contributed by atoms with Crippen molar-refractivity contribution in [3.63, 3.8) is 0 Å². The van der Waals surface area contributed by atoms with Crippen molar-refractivity contribution < 1.29 is 56.9 Å². The molecular formula is C54H80FN15O11. The number of aliphatic hydroxyl groups is 1. The Balaban J connectivity index is 0.619. The zero-order chi connectivity index (χ0) is 57.0. The molecule has 0 saturated carbocycles. The van der Waals surface area contributed by atoms with Crippen LogP contribution in [0, 0.1) is 0 Å². The number of anilines is 5. The topological polar surface area (TPSA) is 267 Å². The van der Waals surface area contributed by atoms with Gasteiger partial charge in [0.25, 0.3) is 5.88 Å². The minimum absolute atomic E-state index is 0.0198. The number of methoxy groups -OCH3 is 1. The molecule has 2 aliphatic rings. The van der Waals surface area contributed by atoms with E-state index in [0.29, 0.717) is 133 Å². The van der Waals surface area contributed by atoms with E-state index >= 15 is 4.39 Å². The molecule has 444 valence electrons. The summed E-state index contributed by atoms with van der Waals surface area (Å²) in [7, 11) is 3.33. The molecule has 2 saturated heterocycles. The molecule has 2 fully saturated rings. The van der Waals surface area contributed by atoms with E-state index in [1.54, 1.807) is 53.6 Å². The Morgan fingerprint density at radius 3 is 2.21 bits per heavy atom. The average Bonchev–Trinajstić information content (AvgIpc) is 4.40. The van der Waals surface area contributed by atoms with Crippen LogP contribution in [-0.2, 0) is 59.7 Å². The summed E-state index contributed by atoms with van der Waals surface area (Å²) in [5, 5.41) is 28.3. The summed E-state index contributed by atoms with van der Waals surface area (Å²) in [5.41, 5.74) is 3.79. The molecule has 0 unspecified atom stereocenters. The molecule has 8 rings (SSSR count). The van der Waals surface area contributed by atoms with Crippen molar-refractivity contribution in [3.8, 4) is 11.8 Å². The molecule has 0 aliphatic carbocycles. The van der Waals surface area contributed by atoms with Crippen molar-refractivity contribution in [3.05, 3.63) is 54.2 Å². The third-order valence-electron chi connectivity index (χ3n) is 13.3. The summed E-state index contributed by atoms with van der Waals surface area (Å²) >= 11 is 0. The summed E-state index contributed by atoms with van der Waals surface area (Å²) in [6, 6.07) is 5.37. The second-order valence-electron chi connectivity index (χ2n) is 20.5. The van der Waals surface area contributed by atoms with E-state index in [1.807, 2.05) is 29.9 Å². The van der Waals surface area contributed by atoms with Crippen molar-refractivity contribution in [2.24, 2.45) is 7.05 Å². The number of amides is 1. The number of hydrogen-bond donors (Lipinski definition) is 4. The molecule has 4 N–H and O–H groups in total. The quantitative estimate of drug-likeness (QED) is 0.0392. The predicted octanol–water partition coefficient (Wildman–Crippen LogP) is 4.90. The van der Waals surface area contributed by atoms with Crippen LogP contribution in [0.15, 0.2) is 43.1 Å². The van der Waals surface area contributed by atoms with Crippen LogP contribution in [0.4, 0.5) is 38.3 Å². The number of ether oxygens (including phenoxy) is 9. The largest absolute Gasteiger partial charge is 0.478 e. The summed E-state index contributed by atoms with van der Waals surface area (Å²) in [5.74, 6) is 3.27. The third-order valence-corrected chi connectivity index (χ3v) is 13.3. The highest BCUT2D eigenvalue weighted by Gasteiger charge is 2.37. The van der Waals surface area contributed by atoms with Gasteiger partial charge in [-0.05, 0) is 58.4 Å². The van der Waals surface area contributed by atoms with Crippen molar-refractivity contribution in [1.82, 2.24) is 54.2 Å². The second-order valence-corrected chi connectivity index (χ2v) is 20.5. The lowest BCUT2D eigenvalue weighted by Crippen LogP contribution is -2.44. The van der Waals surface area contributed by atoms with E-state index in [0.717, 1.165) is 67.1 Å². The Bertz CT molecular complexity index is 2870. The zero-order valence-corrected chi connectivity index (χ0v) is 47.5. The molecule has 6 aromatic rings. The maximum Gasteiger partial charge on any atom is 0.408 e.